The molecule has 5 rings (SSSR count). The number of piperidine rings is 3. The SMILES string of the molecule is COC1C=CC=CN1Sc1ccc(C(=O)N[C@@H]2C3CCN(CC3)[C@@H]2C)s1. The molecule has 3 saturated heterocycles. The number of allylic oxidation sites excluding steroid dienone is 2. The van der Waals surface area contributed by atoms with E-state index < -0.39 is 0 Å². The third-order valence-corrected chi connectivity index (χ3v) is 7.80. The van der Waals surface area contributed by atoms with E-state index in [0.29, 0.717) is 12.0 Å². The second kappa shape index (κ2) is 7.76. The molecular weight excluding hydrogens is 366 g/mol. The number of amides is 1. The van der Waals surface area contributed by atoms with Crippen LogP contribution in [0, 0.1) is 5.92 Å². The van der Waals surface area contributed by atoms with Crippen LogP contribution in [0.3, 0.4) is 0 Å². The van der Waals surface area contributed by atoms with Gasteiger partial charge in [0.15, 0.2) is 6.23 Å². The predicted molar refractivity (Wildman–Crippen MR) is 106 cm³/mol. The summed E-state index contributed by atoms with van der Waals surface area (Å²) in [7, 11) is 1.70. The number of carbonyl (C=O) groups excluding carboxylic acids is 1. The van der Waals surface area contributed by atoms with Gasteiger partial charge >= 0.3 is 0 Å². The Morgan fingerprint density at radius 1 is 1.31 bits per heavy atom. The number of nitrogens with zero attached hydrogens (tertiary/aromatic N) is 2. The molecule has 1 aromatic heterocycles. The van der Waals surface area contributed by atoms with Crippen LogP contribution in [0.4, 0.5) is 0 Å². The Labute approximate surface area is 163 Å². The Morgan fingerprint density at radius 3 is 2.85 bits per heavy atom. The van der Waals surface area contributed by atoms with E-state index in [1.807, 2.05) is 40.9 Å². The van der Waals surface area contributed by atoms with Crippen LogP contribution < -0.4 is 5.32 Å². The first-order valence-corrected chi connectivity index (χ1v) is 10.7. The molecule has 3 atom stereocenters. The zero-order chi connectivity index (χ0) is 18.1. The fourth-order valence-electron chi connectivity index (χ4n) is 4.09. The van der Waals surface area contributed by atoms with Gasteiger partial charge in [-0.05, 0) is 63.1 Å². The first-order valence-electron chi connectivity index (χ1n) is 9.14. The van der Waals surface area contributed by atoms with Crippen molar-refractivity contribution in [2.24, 2.45) is 5.92 Å². The maximum absolute atomic E-state index is 12.8. The summed E-state index contributed by atoms with van der Waals surface area (Å²) < 4.78 is 8.59. The van der Waals surface area contributed by atoms with Gasteiger partial charge < -0.3 is 10.1 Å². The minimum Gasteiger partial charge on any atom is -0.357 e. The van der Waals surface area contributed by atoms with Crippen molar-refractivity contribution in [2.75, 3.05) is 20.2 Å². The summed E-state index contributed by atoms with van der Waals surface area (Å²) in [5.74, 6) is 0.685. The summed E-state index contributed by atoms with van der Waals surface area (Å²) in [5, 5.41) is 3.31. The van der Waals surface area contributed by atoms with Crippen molar-refractivity contribution in [3.8, 4) is 0 Å². The summed E-state index contributed by atoms with van der Waals surface area (Å²) in [6, 6.07) is 4.66. The van der Waals surface area contributed by atoms with E-state index in [9.17, 15) is 4.79 Å². The topological polar surface area (TPSA) is 44.8 Å². The van der Waals surface area contributed by atoms with Gasteiger partial charge in [-0.25, -0.2) is 0 Å². The number of carbonyl (C=O) groups is 1. The Balaban J connectivity index is 1.39. The van der Waals surface area contributed by atoms with Crippen molar-refractivity contribution < 1.29 is 9.53 Å². The molecule has 7 heteroatoms. The van der Waals surface area contributed by atoms with Crippen LogP contribution in [0.2, 0.25) is 0 Å². The molecule has 0 aliphatic carbocycles. The minimum atomic E-state index is -0.0861. The molecule has 0 radical (unpaired) electrons. The minimum absolute atomic E-state index is 0.0600. The number of ether oxygens (including phenoxy) is 1. The average molecular weight is 392 g/mol. The molecule has 0 aromatic carbocycles. The molecule has 1 aromatic rings. The summed E-state index contributed by atoms with van der Waals surface area (Å²) in [5.41, 5.74) is 0. The third-order valence-electron chi connectivity index (χ3n) is 5.59. The molecule has 0 saturated carbocycles. The molecule has 1 unspecified atom stereocenters. The molecule has 1 amide bonds. The quantitative estimate of drug-likeness (QED) is 0.780. The van der Waals surface area contributed by atoms with Crippen molar-refractivity contribution >= 4 is 29.2 Å². The average Bonchev–Trinajstić information content (AvgIpc) is 3.14. The van der Waals surface area contributed by atoms with Gasteiger partial charge in [0.25, 0.3) is 5.91 Å². The standard InChI is InChI=1S/C19H25N3O2S2/c1-13-18(14-8-11-21(13)12-9-14)20-19(23)15-6-7-17(25-15)26-22-10-4-3-5-16(22)24-2/h3-7,10,13-14,16,18H,8-9,11-12H2,1-2H3,(H,20,23)/t13-,16?,18+/m1/s1. The van der Waals surface area contributed by atoms with Crippen molar-refractivity contribution in [3.63, 3.8) is 0 Å². The summed E-state index contributed by atoms with van der Waals surface area (Å²) >= 11 is 3.13. The van der Waals surface area contributed by atoms with Crippen LogP contribution in [-0.4, -0.2) is 53.6 Å². The van der Waals surface area contributed by atoms with Gasteiger partial charge in [-0.15, -0.1) is 11.3 Å². The van der Waals surface area contributed by atoms with Crippen LogP contribution in [0.15, 0.2) is 40.8 Å². The summed E-state index contributed by atoms with van der Waals surface area (Å²) in [4.78, 5) is 16.0. The lowest BCUT2D eigenvalue weighted by Crippen LogP contribution is -2.62. The fourth-order valence-corrected chi connectivity index (χ4v) is 6.14. The van der Waals surface area contributed by atoms with Crippen molar-refractivity contribution in [1.29, 1.82) is 0 Å². The van der Waals surface area contributed by atoms with Gasteiger partial charge in [-0.1, -0.05) is 6.08 Å². The Morgan fingerprint density at radius 2 is 2.12 bits per heavy atom. The van der Waals surface area contributed by atoms with Gasteiger partial charge in [0.2, 0.25) is 0 Å². The summed E-state index contributed by atoms with van der Waals surface area (Å²) in [6.45, 7) is 4.60. The lowest BCUT2D eigenvalue weighted by atomic mass is 9.79. The van der Waals surface area contributed by atoms with Gasteiger partial charge in [-0.3, -0.25) is 14.0 Å². The third kappa shape index (κ3) is 3.58. The van der Waals surface area contributed by atoms with Crippen molar-refractivity contribution in [2.45, 2.75) is 42.3 Å². The van der Waals surface area contributed by atoms with E-state index in [0.717, 1.165) is 9.09 Å². The fraction of sp³-hybridized carbons (Fsp3) is 0.526. The van der Waals surface area contributed by atoms with Gasteiger partial charge in [0.05, 0.1) is 9.09 Å². The Bertz CT molecular complexity index is 707. The number of nitrogens with one attached hydrogen (secondary N) is 1. The molecule has 2 bridgehead atoms. The van der Waals surface area contributed by atoms with Crippen molar-refractivity contribution in [1.82, 2.24) is 14.5 Å². The molecule has 1 N–H and O–H groups in total. The first-order chi connectivity index (χ1) is 12.7. The second-order valence-corrected chi connectivity index (χ2v) is 9.42. The highest BCUT2D eigenvalue weighted by molar-refractivity contribution is 7.99. The van der Waals surface area contributed by atoms with Crippen LogP contribution in [-0.2, 0) is 4.74 Å². The van der Waals surface area contributed by atoms with Crippen molar-refractivity contribution in [3.05, 3.63) is 41.4 Å². The predicted octanol–water partition coefficient (Wildman–Crippen LogP) is 3.33. The Kier molecular flexibility index (Phi) is 5.40. The largest absolute Gasteiger partial charge is 0.357 e. The number of thiophene rings is 1. The van der Waals surface area contributed by atoms with E-state index in [2.05, 4.69) is 17.1 Å². The van der Waals surface area contributed by atoms with Gasteiger partial charge in [0, 0.05) is 37.3 Å². The molecular formula is C19H25N3O2S2. The maximum atomic E-state index is 12.8. The zero-order valence-corrected chi connectivity index (χ0v) is 16.8. The van der Waals surface area contributed by atoms with E-state index in [1.165, 1.54) is 37.3 Å². The van der Waals surface area contributed by atoms with Crippen LogP contribution in [0.5, 0.6) is 0 Å². The highest BCUT2D eigenvalue weighted by Gasteiger charge is 2.40. The molecule has 140 valence electrons. The lowest BCUT2D eigenvalue weighted by Gasteiger charge is -2.49. The highest BCUT2D eigenvalue weighted by atomic mass is 32.2. The lowest BCUT2D eigenvalue weighted by molar-refractivity contribution is 0.0218. The molecule has 4 aliphatic heterocycles. The highest BCUT2D eigenvalue weighted by Crippen LogP contribution is 2.35. The maximum Gasteiger partial charge on any atom is 0.261 e. The van der Waals surface area contributed by atoms with E-state index in [-0.39, 0.29) is 18.2 Å². The van der Waals surface area contributed by atoms with Gasteiger partial charge in [-0.2, -0.15) is 0 Å². The Hall–Kier alpha value is -1.28. The number of methoxy groups -OCH3 is 1. The molecule has 26 heavy (non-hydrogen) atoms. The van der Waals surface area contributed by atoms with E-state index in [1.54, 1.807) is 19.1 Å². The normalized spacial score (nSPS) is 32.8. The number of fused-ring (bicyclic) bond motifs is 3. The monoisotopic (exact) mass is 391 g/mol. The number of hydrogen-bond donors (Lipinski definition) is 1. The van der Waals surface area contributed by atoms with Crippen LogP contribution in [0.25, 0.3) is 0 Å². The van der Waals surface area contributed by atoms with E-state index >= 15 is 0 Å². The second-order valence-electron chi connectivity index (χ2n) is 7.04. The molecule has 3 fully saturated rings. The molecule has 4 aliphatic rings. The zero-order valence-electron chi connectivity index (χ0n) is 15.1. The number of hydrogen-bond acceptors (Lipinski definition) is 6. The smallest absolute Gasteiger partial charge is 0.261 e. The van der Waals surface area contributed by atoms with Crippen LogP contribution in [0.1, 0.15) is 29.4 Å². The molecule has 0 spiro atoms. The van der Waals surface area contributed by atoms with E-state index in [4.69, 9.17) is 4.74 Å². The molecule has 5 nitrogen and oxygen atoms in total. The summed E-state index contributed by atoms with van der Waals surface area (Å²) in [6.07, 6.45) is 10.3. The van der Waals surface area contributed by atoms with Gasteiger partial charge in [0.1, 0.15) is 0 Å². The number of rotatable bonds is 5. The molecule has 5 heterocycles. The first kappa shape index (κ1) is 18.1. The van der Waals surface area contributed by atoms with Crippen LogP contribution >= 0.6 is 23.3 Å².